The van der Waals surface area contributed by atoms with Crippen LogP contribution in [0.1, 0.15) is 59.0 Å². The summed E-state index contributed by atoms with van der Waals surface area (Å²) < 4.78 is 10.8. The number of carbonyl (C=O) groups is 2. The van der Waals surface area contributed by atoms with Gasteiger partial charge in [0.05, 0.1) is 12.2 Å². The Hall–Kier alpha value is -2.34. The summed E-state index contributed by atoms with van der Waals surface area (Å²) in [5.74, 6) is 0.292. The van der Waals surface area contributed by atoms with Crippen molar-refractivity contribution in [2.45, 2.75) is 46.0 Å². The van der Waals surface area contributed by atoms with Gasteiger partial charge in [-0.05, 0) is 62.3 Å². The molecule has 0 aliphatic heterocycles. The molecule has 0 spiro atoms. The first-order valence-corrected chi connectivity index (χ1v) is 10.1. The predicted octanol–water partition coefficient (Wildman–Crippen LogP) is 4.69. The fourth-order valence-corrected chi connectivity index (χ4v) is 4.79. The molecule has 6 heteroatoms. The number of rotatable bonds is 6. The van der Waals surface area contributed by atoms with Crippen molar-refractivity contribution in [2.75, 3.05) is 18.5 Å². The Morgan fingerprint density at radius 1 is 1.33 bits per heavy atom. The Morgan fingerprint density at radius 2 is 2.15 bits per heavy atom. The van der Waals surface area contributed by atoms with E-state index in [0.29, 0.717) is 28.8 Å². The van der Waals surface area contributed by atoms with Gasteiger partial charge in [-0.15, -0.1) is 11.3 Å². The van der Waals surface area contributed by atoms with Gasteiger partial charge in [0.1, 0.15) is 10.8 Å². The third kappa shape index (κ3) is 4.50. The van der Waals surface area contributed by atoms with E-state index in [-0.39, 0.29) is 18.5 Å². The van der Waals surface area contributed by atoms with Crippen LogP contribution in [0.3, 0.4) is 0 Å². The van der Waals surface area contributed by atoms with Crippen molar-refractivity contribution < 1.29 is 19.1 Å². The average Bonchev–Trinajstić information content (AvgIpc) is 2.99. The van der Waals surface area contributed by atoms with Crippen molar-refractivity contribution in [1.82, 2.24) is 0 Å². The molecular formula is C21H25NO4S. The zero-order chi connectivity index (χ0) is 19.4. The molecule has 27 heavy (non-hydrogen) atoms. The number of nitrogens with one attached hydrogen (secondary N) is 1. The minimum atomic E-state index is -0.362. The lowest BCUT2D eigenvalue weighted by Crippen LogP contribution is -2.21. The van der Waals surface area contributed by atoms with Crippen LogP contribution in [0.4, 0.5) is 5.00 Å². The lowest BCUT2D eigenvalue weighted by Gasteiger charge is -2.19. The van der Waals surface area contributed by atoms with E-state index in [0.717, 1.165) is 30.4 Å². The summed E-state index contributed by atoms with van der Waals surface area (Å²) in [4.78, 5) is 26.1. The number of carbonyl (C=O) groups excluding carboxylic acids is 2. The Morgan fingerprint density at radius 3 is 2.89 bits per heavy atom. The summed E-state index contributed by atoms with van der Waals surface area (Å²) in [6, 6.07) is 7.55. The Labute approximate surface area is 163 Å². The van der Waals surface area contributed by atoms with Gasteiger partial charge in [0.25, 0.3) is 5.91 Å². The van der Waals surface area contributed by atoms with Gasteiger partial charge in [0.2, 0.25) is 0 Å². The van der Waals surface area contributed by atoms with Gasteiger partial charge < -0.3 is 14.8 Å². The number of ether oxygens (including phenoxy) is 2. The van der Waals surface area contributed by atoms with Gasteiger partial charge >= 0.3 is 5.97 Å². The van der Waals surface area contributed by atoms with E-state index in [1.165, 1.54) is 16.2 Å². The van der Waals surface area contributed by atoms with Crippen LogP contribution in [0.5, 0.6) is 5.75 Å². The molecule has 0 bridgehead atoms. The standard InChI is InChI=1S/C21H25NO4S/c1-4-25-21(24)19-18-14(3)8-6-10-16(18)27-20(19)22-17(23)12-26-15-9-5-7-13(2)11-15/h5,7,9,11,14H,4,6,8,10,12H2,1-3H3,(H,22,23). The van der Waals surface area contributed by atoms with Crippen LogP contribution in [-0.2, 0) is 16.0 Å². The number of benzene rings is 1. The molecule has 144 valence electrons. The molecule has 0 radical (unpaired) electrons. The Balaban J connectivity index is 1.77. The third-order valence-electron chi connectivity index (χ3n) is 4.65. The second kappa shape index (κ2) is 8.57. The van der Waals surface area contributed by atoms with E-state index in [2.05, 4.69) is 12.2 Å². The number of hydrogen-bond donors (Lipinski definition) is 1. The molecule has 1 amide bonds. The summed E-state index contributed by atoms with van der Waals surface area (Å²) in [5, 5.41) is 3.44. The molecule has 1 heterocycles. The van der Waals surface area contributed by atoms with Crippen molar-refractivity contribution in [3.05, 3.63) is 45.8 Å². The number of esters is 1. The number of fused-ring (bicyclic) bond motifs is 1. The number of hydrogen-bond acceptors (Lipinski definition) is 5. The molecule has 0 saturated carbocycles. The molecule has 3 rings (SSSR count). The molecule has 0 fully saturated rings. The van der Waals surface area contributed by atoms with E-state index >= 15 is 0 Å². The third-order valence-corrected chi connectivity index (χ3v) is 5.83. The molecule has 0 saturated heterocycles. The van der Waals surface area contributed by atoms with Crippen molar-refractivity contribution >= 4 is 28.2 Å². The van der Waals surface area contributed by atoms with Crippen LogP contribution in [-0.4, -0.2) is 25.1 Å². The molecule has 1 unspecified atom stereocenters. The van der Waals surface area contributed by atoms with Crippen LogP contribution >= 0.6 is 11.3 Å². The molecule has 5 nitrogen and oxygen atoms in total. The fourth-order valence-electron chi connectivity index (χ4n) is 3.42. The van der Waals surface area contributed by atoms with Crippen molar-refractivity contribution in [2.24, 2.45) is 0 Å². The molecule has 1 aliphatic rings. The maximum atomic E-state index is 12.5. The van der Waals surface area contributed by atoms with E-state index in [4.69, 9.17) is 9.47 Å². The van der Waals surface area contributed by atoms with Gasteiger partial charge in [0, 0.05) is 4.88 Å². The van der Waals surface area contributed by atoms with Crippen molar-refractivity contribution in [3.63, 3.8) is 0 Å². The molecule has 1 aliphatic carbocycles. The zero-order valence-electron chi connectivity index (χ0n) is 16.0. The van der Waals surface area contributed by atoms with E-state index in [9.17, 15) is 9.59 Å². The molecule has 1 N–H and O–H groups in total. The highest BCUT2D eigenvalue weighted by molar-refractivity contribution is 7.17. The average molecular weight is 388 g/mol. The van der Waals surface area contributed by atoms with Crippen molar-refractivity contribution in [3.8, 4) is 5.75 Å². The maximum absolute atomic E-state index is 12.5. The molecule has 1 aromatic carbocycles. The highest BCUT2D eigenvalue weighted by Gasteiger charge is 2.30. The van der Waals surface area contributed by atoms with Crippen molar-refractivity contribution in [1.29, 1.82) is 0 Å². The van der Waals surface area contributed by atoms with Gasteiger partial charge in [-0.1, -0.05) is 19.1 Å². The van der Waals surface area contributed by atoms with Gasteiger partial charge in [-0.2, -0.15) is 0 Å². The SMILES string of the molecule is CCOC(=O)c1c(NC(=O)COc2cccc(C)c2)sc2c1C(C)CCC2. The lowest BCUT2D eigenvalue weighted by molar-refractivity contribution is -0.118. The Kier molecular flexibility index (Phi) is 6.16. The summed E-state index contributed by atoms with van der Waals surface area (Å²) in [5.41, 5.74) is 2.63. The van der Waals surface area contributed by atoms with Crippen LogP contribution in [0.2, 0.25) is 0 Å². The van der Waals surface area contributed by atoms with Gasteiger partial charge in [0.15, 0.2) is 6.61 Å². The van der Waals surface area contributed by atoms with E-state index in [1.54, 1.807) is 6.92 Å². The monoisotopic (exact) mass is 387 g/mol. The highest BCUT2D eigenvalue weighted by Crippen LogP contribution is 2.43. The second-order valence-electron chi connectivity index (χ2n) is 6.81. The summed E-state index contributed by atoms with van der Waals surface area (Å²) in [6.07, 6.45) is 3.08. The largest absolute Gasteiger partial charge is 0.484 e. The molecular weight excluding hydrogens is 362 g/mol. The zero-order valence-corrected chi connectivity index (χ0v) is 16.8. The van der Waals surface area contributed by atoms with E-state index < -0.39 is 0 Å². The van der Waals surface area contributed by atoms with Crippen LogP contribution < -0.4 is 10.1 Å². The van der Waals surface area contributed by atoms with Crippen LogP contribution in [0.15, 0.2) is 24.3 Å². The predicted molar refractivity (Wildman–Crippen MR) is 107 cm³/mol. The quantitative estimate of drug-likeness (QED) is 0.730. The maximum Gasteiger partial charge on any atom is 0.341 e. The van der Waals surface area contributed by atoms with Gasteiger partial charge in [-0.25, -0.2) is 4.79 Å². The first-order chi connectivity index (χ1) is 13.0. The minimum absolute atomic E-state index is 0.107. The number of amides is 1. The van der Waals surface area contributed by atoms with E-state index in [1.807, 2.05) is 31.2 Å². The summed E-state index contributed by atoms with van der Waals surface area (Å²) >= 11 is 1.48. The highest BCUT2D eigenvalue weighted by atomic mass is 32.1. The van der Waals surface area contributed by atoms with Crippen LogP contribution in [0.25, 0.3) is 0 Å². The number of aryl methyl sites for hydroxylation is 2. The molecule has 1 aromatic heterocycles. The number of anilines is 1. The summed E-state index contributed by atoms with van der Waals surface area (Å²) in [7, 11) is 0. The first-order valence-electron chi connectivity index (χ1n) is 9.31. The second-order valence-corrected chi connectivity index (χ2v) is 7.92. The summed E-state index contributed by atoms with van der Waals surface area (Å²) in [6.45, 7) is 6.08. The minimum Gasteiger partial charge on any atom is -0.484 e. The molecule has 2 aromatic rings. The van der Waals surface area contributed by atoms with Gasteiger partial charge in [-0.3, -0.25) is 4.79 Å². The topological polar surface area (TPSA) is 64.6 Å². The first kappa shape index (κ1) is 19.4. The lowest BCUT2D eigenvalue weighted by atomic mass is 9.86. The fraction of sp³-hybridized carbons (Fsp3) is 0.429. The molecule has 1 atom stereocenters. The number of thiophene rings is 1. The van der Waals surface area contributed by atoms with Crippen LogP contribution in [0, 0.1) is 6.92 Å². The Bertz CT molecular complexity index is 843. The normalized spacial score (nSPS) is 15.7. The smallest absolute Gasteiger partial charge is 0.341 e.